The molecule has 0 amide bonds. The lowest BCUT2D eigenvalue weighted by atomic mass is 10.1. The lowest BCUT2D eigenvalue weighted by molar-refractivity contribution is -0.137. The van der Waals surface area contributed by atoms with E-state index in [2.05, 4.69) is 4.98 Å². The van der Waals surface area contributed by atoms with E-state index in [1.54, 1.807) is 18.0 Å². The maximum Gasteiger partial charge on any atom is 0.417 e. The Bertz CT molecular complexity index is 686. The zero-order chi connectivity index (χ0) is 15.6. The normalized spacial score (nSPS) is 11.2. The second kappa shape index (κ2) is 5.74. The highest BCUT2D eigenvalue weighted by Crippen LogP contribution is 2.33. The van der Waals surface area contributed by atoms with Crippen LogP contribution >= 0.6 is 11.3 Å². The number of aromatic nitrogens is 1. The smallest absolute Gasteiger partial charge is 0.369 e. The molecule has 1 heterocycles. The Labute approximate surface area is 124 Å². The molecule has 0 saturated heterocycles. The summed E-state index contributed by atoms with van der Waals surface area (Å²) in [6, 6.07) is 5.16. The monoisotopic (exact) mass is 311 g/mol. The molecule has 0 radical (unpaired) electrons. The minimum atomic E-state index is -4.52. The van der Waals surface area contributed by atoms with Gasteiger partial charge in [0.1, 0.15) is 0 Å². The van der Waals surface area contributed by atoms with Crippen LogP contribution in [-0.2, 0) is 12.7 Å². The summed E-state index contributed by atoms with van der Waals surface area (Å²) < 4.78 is 38.2. The summed E-state index contributed by atoms with van der Waals surface area (Å²) in [6.07, 6.45) is -4.52. The van der Waals surface area contributed by atoms with Gasteiger partial charge in [-0.1, -0.05) is 0 Å². The minimum absolute atomic E-state index is 0.374. The molecule has 21 heavy (non-hydrogen) atoms. The number of nitriles is 1. The van der Waals surface area contributed by atoms with Gasteiger partial charge in [-0.2, -0.15) is 18.4 Å². The van der Waals surface area contributed by atoms with Crippen LogP contribution in [0.5, 0.6) is 0 Å². The molecule has 7 heteroatoms. The third kappa shape index (κ3) is 3.52. The highest BCUT2D eigenvalue weighted by Gasteiger charge is 2.33. The predicted molar refractivity (Wildman–Crippen MR) is 75.1 cm³/mol. The van der Waals surface area contributed by atoms with E-state index >= 15 is 0 Å². The number of nitrogens with zero attached hydrogens (tertiary/aromatic N) is 3. The average Bonchev–Trinajstić information content (AvgIpc) is 2.82. The summed E-state index contributed by atoms with van der Waals surface area (Å²) in [5.41, 5.74) is 0.108. The number of alkyl halides is 3. The van der Waals surface area contributed by atoms with E-state index in [4.69, 9.17) is 5.26 Å². The summed E-state index contributed by atoms with van der Waals surface area (Å²) in [4.78, 5) is 6.07. The number of hydrogen-bond donors (Lipinski definition) is 0. The lowest BCUT2D eigenvalue weighted by Gasteiger charge is -2.19. The van der Waals surface area contributed by atoms with Gasteiger partial charge in [0.25, 0.3) is 0 Å². The molecule has 0 aliphatic heterocycles. The molecule has 0 saturated carbocycles. The quantitative estimate of drug-likeness (QED) is 0.861. The Kier molecular flexibility index (Phi) is 4.19. The molecule has 0 atom stereocenters. The maximum atomic E-state index is 12.7. The van der Waals surface area contributed by atoms with Crippen molar-refractivity contribution in [2.24, 2.45) is 0 Å². The first-order valence-corrected chi connectivity index (χ1v) is 6.92. The first-order valence-electron chi connectivity index (χ1n) is 6.04. The van der Waals surface area contributed by atoms with Crippen molar-refractivity contribution in [2.75, 3.05) is 11.9 Å². The van der Waals surface area contributed by atoms with Crippen molar-refractivity contribution >= 4 is 17.0 Å². The number of hydrogen-bond acceptors (Lipinski definition) is 4. The topological polar surface area (TPSA) is 39.9 Å². The molecule has 1 aromatic heterocycles. The van der Waals surface area contributed by atoms with E-state index in [1.807, 2.05) is 12.3 Å². The van der Waals surface area contributed by atoms with Gasteiger partial charge in [-0.05, 0) is 25.1 Å². The van der Waals surface area contributed by atoms with Gasteiger partial charge >= 0.3 is 6.18 Å². The van der Waals surface area contributed by atoms with Crippen molar-refractivity contribution in [3.8, 4) is 6.07 Å². The van der Waals surface area contributed by atoms with Gasteiger partial charge in [-0.25, -0.2) is 4.98 Å². The Morgan fingerprint density at radius 2 is 2.10 bits per heavy atom. The van der Waals surface area contributed by atoms with E-state index in [1.165, 1.54) is 23.5 Å². The van der Waals surface area contributed by atoms with Crippen molar-refractivity contribution in [3.05, 3.63) is 45.4 Å². The van der Waals surface area contributed by atoms with Crippen molar-refractivity contribution in [2.45, 2.75) is 19.6 Å². The molecule has 0 N–H and O–H groups in total. The van der Waals surface area contributed by atoms with Crippen LogP contribution in [0.2, 0.25) is 0 Å². The van der Waals surface area contributed by atoms with Crippen LogP contribution in [0, 0.1) is 18.3 Å². The molecular formula is C14H12F3N3S. The van der Waals surface area contributed by atoms with Crippen LogP contribution in [0.3, 0.4) is 0 Å². The standard InChI is InChI=1S/C14H12F3N3S/c1-9-19-11(8-21-9)7-20(2)12-3-4-13(14(15,16)17)10(5-12)6-18/h3-5,8H,7H2,1-2H3. The van der Waals surface area contributed by atoms with Crippen LogP contribution in [-0.4, -0.2) is 12.0 Å². The molecular weight excluding hydrogens is 299 g/mol. The molecule has 110 valence electrons. The zero-order valence-corrected chi connectivity index (χ0v) is 12.2. The van der Waals surface area contributed by atoms with Crippen LogP contribution in [0.15, 0.2) is 23.6 Å². The van der Waals surface area contributed by atoms with Crippen molar-refractivity contribution in [1.82, 2.24) is 4.98 Å². The van der Waals surface area contributed by atoms with Crippen molar-refractivity contribution in [1.29, 1.82) is 5.26 Å². The fraction of sp³-hybridized carbons (Fsp3) is 0.286. The van der Waals surface area contributed by atoms with Gasteiger partial charge < -0.3 is 4.90 Å². The second-order valence-electron chi connectivity index (χ2n) is 4.55. The van der Waals surface area contributed by atoms with E-state index < -0.39 is 11.7 Å². The van der Waals surface area contributed by atoms with E-state index in [0.717, 1.165) is 16.8 Å². The van der Waals surface area contributed by atoms with E-state index in [0.29, 0.717) is 12.2 Å². The van der Waals surface area contributed by atoms with Gasteiger partial charge in [0, 0.05) is 18.1 Å². The Balaban J connectivity index is 2.26. The van der Waals surface area contributed by atoms with E-state index in [-0.39, 0.29) is 5.56 Å². The lowest BCUT2D eigenvalue weighted by Crippen LogP contribution is -2.17. The third-order valence-electron chi connectivity index (χ3n) is 2.94. The van der Waals surface area contributed by atoms with Crippen molar-refractivity contribution in [3.63, 3.8) is 0 Å². The summed E-state index contributed by atoms with van der Waals surface area (Å²) in [7, 11) is 1.75. The van der Waals surface area contributed by atoms with Crippen molar-refractivity contribution < 1.29 is 13.2 Å². The minimum Gasteiger partial charge on any atom is -0.369 e. The number of benzene rings is 1. The second-order valence-corrected chi connectivity index (χ2v) is 5.62. The summed E-state index contributed by atoms with van der Waals surface area (Å²) in [6.45, 7) is 2.36. The maximum absolute atomic E-state index is 12.7. The average molecular weight is 311 g/mol. The number of anilines is 1. The number of aryl methyl sites for hydroxylation is 1. The zero-order valence-electron chi connectivity index (χ0n) is 11.4. The van der Waals surface area contributed by atoms with Crippen LogP contribution in [0.1, 0.15) is 21.8 Å². The molecule has 1 aromatic carbocycles. The summed E-state index contributed by atoms with van der Waals surface area (Å²) in [5.74, 6) is 0. The number of rotatable bonds is 3. The fourth-order valence-electron chi connectivity index (χ4n) is 1.92. The number of thiazole rings is 1. The van der Waals surface area contributed by atoms with E-state index in [9.17, 15) is 13.2 Å². The predicted octanol–water partition coefficient (Wildman–Crippen LogP) is 3.98. The Morgan fingerprint density at radius 3 is 2.62 bits per heavy atom. The molecule has 0 bridgehead atoms. The van der Waals surface area contributed by atoms with Gasteiger partial charge in [0.05, 0.1) is 34.4 Å². The third-order valence-corrected chi connectivity index (χ3v) is 3.76. The van der Waals surface area contributed by atoms with Gasteiger partial charge in [0.15, 0.2) is 0 Å². The Hall–Kier alpha value is -2.07. The molecule has 3 nitrogen and oxygen atoms in total. The summed E-state index contributed by atoms with van der Waals surface area (Å²) >= 11 is 1.52. The molecule has 0 unspecified atom stereocenters. The Morgan fingerprint density at radius 1 is 1.38 bits per heavy atom. The molecule has 0 aliphatic rings. The van der Waals surface area contributed by atoms with Gasteiger partial charge in [-0.3, -0.25) is 0 Å². The SMILES string of the molecule is Cc1nc(CN(C)c2ccc(C(F)(F)F)c(C#N)c2)cs1. The van der Waals surface area contributed by atoms with Crippen LogP contribution in [0.25, 0.3) is 0 Å². The highest BCUT2D eigenvalue weighted by molar-refractivity contribution is 7.09. The molecule has 2 rings (SSSR count). The van der Waals surface area contributed by atoms with Gasteiger partial charge in [-0.15, -0.1) is 11.3 Å². The van der Waals surface area contributed by atoms with Crippen LogP contribution in [0.4, 0.5) is 18.9 Å². The fourth-order valence-corrected chi connectivity index (χ4v) is 2.53. The summed E-state index contributed by atoms with van der Waals surface area (Å²) in [5, 5.41) is 11.7. The van der Waals surface area contributed by atoms with Crippen LogP contribution < -0.4 is 4.90 Å². The van der Waals surface area contributed by atoms with Gasteiger partial charge in [0.2, 0.25) is 0 Å². The molecule has 0 spiro atoms. The highest BCUT2D eigenvalue weighted by atomic mass is 32.1. The molecule has 2 aromatic rings. The first kappa shape index (κ1) is 15.3. The number of halogens is 3. The molecule has 0 fully saturated rings. The molecule has 0 aliphatic carbocycles. The largest absolute Gasteiger partial charge is 0.417 e. The first-order chi connectivity index (χ1) is 9.81.